The second-order valence-electron chi connectivity index (χ2n) is 14.8. The number of hydrogen-bond acceptors (Lipinski definition) is 13. The average molecular weight is 833 g/mol. The summed E-state index contributed by atoms with van der Waals surface area (Å²) >= 11 is 6.54. The van der Waals surface area contributed by atoms with Gasteiger partial charge in [-0.3, -0.25) is 34.2 Å². The smallest absolute Gasteiger partial charge is 0.293 e. The van der Waals surface area contributed by atoms with E-state index >= 15 is 4.39 Å². The standard InChI is InChI=1S/C40H46ClFN10O7/c1-43-34(54)22-59-32-17-24-16-25(4-6-30(24)49(2)39(32)57)45-36-28(41)20-44-40(48-36)52-14-12-50(13-15-52)21-23-8-10-51(11-9-23)31-19-26(58-3)18-27(35(31)42)37(55)46-29-5-7-33(53)47-38(29)56/h4,6,16-20,23,29H,5,7-15,21-22H2,1-3H3,(H,43,54)(H,46,55)(H,44,45,48)(H,47,53,56). The molecule has 2 aromatic carbocycles. The van der Waals surface area contributed by atoms with Crippen LogP contribution < -0.4 is 46.1 Å². The van der Waals surface area contributed by atoms with E-state index in [1.807, 2.05) is 23.1 Å². The van der Waals surface area contributed by atoms with Gasteiger partial charge in [0.1, 0.15) is 16.8 Å². The molecule has 0 saturated carbocycles. The van der Waals surface area contributed by atoms with E-state index in [0.717, 1.165) is 32.5 Å². The van der Waals surface area contributed by atoms with Crippen LogP contribution >= 0.6 is 11.6 Å². The second kappa shape index (κ2) is 17.9. The first-order chi connectivity index (χ1) is 28.4. The van der Waals surface area contributed by atoms with Crippen molar-refractivity contribution in [1.82, 2.24) is 35.4 Å². The minimum Gasteiger partial charge on any atom is -0.497 e. The number of halogens is 2. The third-order valence-electron chi connectivity index (χ3n) is 11.0. The van der Waals surface area contributed by atoms with E-state index in [4.69, 9.17) is 26.1 Å². The minimum atomic E-state index is -0.928. The first-order valence-electron chi connectivity index (χ1n) is 19.4. The monoisotopic (exact) mass is 832 g/mol. The number of ether oxygens (including phenoxy) is 2. The van der Waals surface area contributed by atoms with E-state index in [1.54, 1.807) is 25.4 Å². The van der Waals surface area contributed by atoms with Gasteiger partial charge in [-0.05, 0) is 55.5 Å². The SMILES string of the molecule is CNC(=O)COc1cc2cc(Nc3nc(N4CCN(CC5CCN(c6cc(OC)cc(C(=O)NC7CCC(=O)NC7=O)c6F)CC5)CC4)ncc3Cl)ccc2n(C)c1=O. The zero-order chi connectivity index (χ0) is 41.8. The summed E-state index contributed by atoms with van der Waals surface area (Å²) in [5.74, 6) is -1.04. The molecular formula is C40H46ClFN10O7. The molecule has 5 heterocycles. The molecule has 0 aliphatic carbocycles. The van der Waals surface area contributed by atoms with E-state index in [2.05, 4.69) is 36.1 Å². The number of aryl methyl sites for hydroxylation is 1. The predicted molar refractivity (Wildman–Crippen MR) is 219 cm³/mol. The predicted octanol–water partition coefficient (Wildman–Crippen LogP) is 2.57. The number of nitrogens with zero attached hydrogens (tertiary/aromatic N) is 6. The lowest BCUT2D eigenvalue weighted by Gasteiger charge is -2.39. The first kappa shape index (κ1) is 41.2. The number of imide groups is 1. The van der Waals surface area contributed by atoms with Crippen LogP contribution in [0.2, 0.25) is 5.02 Å². The lowest BCUT2D eigenvalue weighted by atomic mass is 9.95. The number of anilines is 4. The van der Waals surface area contributed by atoms with E-state index in [0.29, 0.717) is 71.2 Å². The summed E-state index contributed by atoms with van der Waals surface area (Å²) in [6, 6.07) is 9.06. The van der Waals surface area contributed by atoms with Gasteiger partial charge in [-0.1, -0.05) is 11.6 Å². The van der Waals surface area contributed by atoms with E-state index in [-0.39, 0.29) is 47.9 Å². The van der Waals surface area contributed by atoms with Crippen molar-refractivity contribution < 1.29 is 33.0 Å². The Hall–Kier alpha value is -6.01. The van der Waals surface area contributed by atoms with Crippen LogP contribution in [0.5, 0.6) is 11.5 Å². The number of piperidine rings is 2. The summed E-state index contributed by atoms with van der Waals surface area (Å²) in [6.45, 7) is 4.83. The molecule has 19 heteroatoms. The van der Waals surface area contributed by atoms with Crippen molar-refractivity contribution in [2.24, 2.45) is 13.0 Å². The van der Waals surface area contributed by atoms with Crippen LogP contribution in [-0.4, -0.2) is 116 Å². The highest BCUT2D eigenvalue weighted by Gasteiger charge is 2.31. The highest BCUT2D eigenvalue weighted by molar-refractivity contribution is 6.33. The molecule has 7 rings (SSSR count). The fourth-order valence-electron chi connectivity index (χ4n) is 7.60. The number of hydrogen-bond donors (Lipinski definition) is 4. The molecule has 2 aromatic heterocycles. The molecule has 1 atom stereocenters. The molecule has 3 aliphatic rings. The van der Waals surface area contributed by atoms with Crippen molar-refractivity contribution in [3.63, 3.8) is 0 Å². The first-order valence-corrected chi connectivity index (χ1v) is 19.8. The Morgan fingerprint density at radius 1 is 1.00 bits per heavy atom. The van der Waals surface area contributed by atoms with Crippen molar-refractivity contribution in [3.8, 4) is 11.5 Å². The van der Waals surface area contributed by atoms with Gasteiger partial charge in [0.15, 0.2) is 24.0 Å². The van der Waals surface area contributed by atoms with Crippen LogP contribution in [0.25, 0.3) is 10.9 Å². The van der Waals surface area contributed by atoms with Gasteiger partial charge in [0, 0.05) is 83.5 Å². The third kappa shape index (κ3) is 9.33. The maximum absolute atomic E-state index is 15.9. The van der Waals surface area contributed by atoms with Gasteiger partial charge >= 0.3 is 0 Å². The second-order valence-corrected chi connectivity index (χ2v) is 15.2. The number of likely N-dealkylation sites (N-methyl/N-ethyl adjacent to an activating group) is 1. The lowest BCUT2D eigenvalue weighted by molar-refractivity contribution is -0.134. The molecule has 4 aromatic rings. The van der Waals surface area contributed by atoms with Crippen molar-refractivity contribution >= 4 is 69.3 Å². The zero-order valence-corrected chi connectivity index (χ0v) is 33.7. The van der Waals surface area contributed by atoms with Crippen molar-refractivity contribution in [2.75, 3.05) is 81.7 Å². The van der Waals surface area contributed by atoms with Gasteiger partial charge in [-0.2, -0.15) is 4.98 Å². The van der Waals surface area contributed by atoms with E-state index < -0.39 is 29.6 Å². The number of nitrogens with one attached hydrogen (secondary N) is 4. The molecule has 3 fully saturated rings. The Labute approximate surface area is 344 Å². The minimum absolute atomic E-state index is 0.0588. The number of aromatic nitrogens is 3. The van der Waals surface area contributed by atoms with Crippen molar-refractivity contribution in [2.45, 2.75) is 31.7 Å². The average Bonchev–Trinajstić information content (AvgIpc) is 3.24. The Morgan fingerprint density at radius 2 is 1.76 bits per heavy atom. The number of piperazine rings is 1. The van der Waals surface area contributed by atoms with Crippen LogP contribution in [0.1, 0.15) is 36.0 Å². The van der Waals surface area contributed by atoms with Gasteiger partial charge in [0.05, 0.1) is 30.1 Å². The number of methoxy groups -OCH3 is 1. The number of rotatable bonds is 12. The number of fused-ring (bicyclic) bond motifs is 1. The van der Waals surface area contributed by atoms with E-state index in [1.165, 1.54) is 24.8 Å². The molecule has 4 amide bonds. The Morgan fingerprint density at radius 3 is 2.47 bits per heavy atom. The molecule has 3 aliphatic heterocycles. The Bertz CT molecular complexity index is 2330. The van der Waals surface area contributed by atoms with E-state index in [9.17, 15) is 24.0 Å². The third-order valence-corrected chi connectivity index (χ3v) is 11.3. The largest absolute Gasteiger partial charge is 0.497 e. The van der Waals surface area contributed by atoms with Crippen LogP contribution in [-0.2, 0) is 21.4 Å². The van der Waals surface area contributed by atoms with Crippen LogP contribution in [0.15, 0.2) is 47.4 Å². The topological polar surface area (TPSA) is 192 Å². The summed E-state index contributed by atoms with van der Waals surface area (Å²) < 4.78 is 28.3. The van der Waals surface area contributed by atoms with Crippen molar-refractivity contribution in [3.05, 3.63) is 69.4 Å². The Kier molecular flexibility index (Phi) is 12.5. The molecule has 17 nitrogen and oxygen atoms in total. The lowest BCUT2D eigenvalue weighted by Crippen LogP contribution is -2.52. The number of pyridine rings is 1. The number of amides is 4. The quantitative estimate of drug-likeness (QED) is 0.153. The number of benzene rings is 2. The molecule has 1 unspecified atom stereocenters. The van der Waals surface area contributed by atoms with Crippen LogP contribution in [0.3, 0.4) is 0 Å². The maximum atomic E-state index is 15.9. The number of carbonyl (C=O) groups is 4. The van der Waals surface area contributed by atoms with Gasteiger partial charge in [0.25, 0.3) is 17.4 Å². The Balaban J connectivity index is 0.931. The summed E-state index contributed by atoms with van der Waals surface area (Å²) in [7, 11) is 4.58. The molecular weight excluding hydrogens is 787 g/mol. The fraction of sp³-hybridized carbons (Fsp3) is 0.425. The molecule has 0 radical (unpaired) electrons. The van der Waals surface area contributed by atoms with Gasteiger partial charge in [-0.25, -0.2) is 9.37 Å². The fourth-order valence-corrected chi connectivity index (χ4v) is 7.74. The summed E-state index contributed by atoms with van der Waals surface area (Å²) in [5.41, 5.74) is 1.06. The maximum Gasteiger partial charge on any atom is 0.293 e. The summed E-state index contributed by atoms with van der Waals surface area (Å²) in [5, 5.41) is 11.6. The summed E-state index contributed by atoms with van der Waals surface area (Å²) in [6.07, 6.45) is 3.47. The van der Waals surface area contributed by atoms with Gasteiger partial charge in [-0.15, -0.1) is 0 Å². The highest BCUT2D eigenvalue weighted by atomic mass is 35.5. The summed E-state index contributed by atoms with van der Waals surface area (Å²) in [4.78, 5) is 77.1. The zero-order valence-electron chi connectivity index (χ0n) is 33.0. The van der Waals surface area contributed by atoms with Gasteiger partial charge in [0.2, 0.25) is 17.8 Å². The molecule has 59 heavy (non-hydrogen) atoms. The molecule has 312 valence electrons. The normalized spacial score (nSPS) is 17.7. The van der Waals surface area contributed by atoms with Gasteiger partial charge < -0.3 is 39.8 Å². The van der Waals surface area contributed by atoms with Crippen LogP contribution in [0, 0.1) is 11.7 Å². The van der Waals surface area contributed by atoms with Crippen LogP contribution in [0.4, 0.5) is 27.5 Å². The number of carbonyl (C=O) groups excluding carboxylic acids is 4. The molecule has 3 saturated heterocycles. The highest BCUT2D eigenvalue weighted by Crippen LogP contribution is 2.33. The molecule has 0 bridgehead atoms. The molecule has 4 N–H and O–H groups in total. The van der Waals surface area contributed by atoms with Crippen molar-refractivity contribution in [1.29, 1.82) is 0 Å². The molecule has 0 spiro atoms.